The second-order valence-electron chi connectivity index (χ2n) is 4.92. The predicted molar refractivity (Wildman–Crippen MR) is 70.6 cm³/mol. The molecule has 0 radical (unpaired) electrons. The van der Waals surface area contributed by atoms with Gasteiger partial charge in [0.15, 0.2) is 0 Å². The zero-order chi connectivity index (χ0) is 13.0. The molecule has 1 atom stereocenters. The van der Waals surface area contributed by atoms with Crippen molar-refractivity contribution in [3.8, 4) is 5.75 Å². The van der Waals surface area contributed by atoms with E-state index in [4.69, 9.17) is 0 Å². The van der Waals surface area contributed by atoms with E-state index < -0.39 is 0 Å². The Morgan fingerprint density at radius 2 is 1.94 bits per heavy atom. The van der Waals surface area contributed by atoms with Gasteiger partial charge in [-0.05, 0) is 43.9 Å². The van der Waals surface area contributed by atoms with Crippen LogP contribution in [0.4, 0.5) is 4.79 Å². The minimum Gasteiger partial charge on any atom is -0.508 e. The Morgan fingerprint density at radius 3 is 2.56 bits per heavy atom. The number of hydrogen-bond donors (Lipinski definition) is 2. The van der Waals surface area contributed by atoms with E-state index >= 15 is 0 Å². The van der Waals surface area contributed by atoms with Crippen molar-refractivity contribution in [3.63, 3.8) is 0 Å². The summed E-state index contributed by atoms with van der Waals surface area (Å²) in [6, 6.07) is 7.25. The second kappa shape index (κ2) is 5.76. The Hall–Kier alpha value is -1.71. The lowest BCUT2D eigenvalue weighted by Gasteiger charge is -2.20. The Labute approximate surface area is 108 Å². The average molecular weight is 248 g/mol. The van der Waals surface area contributed by atoms with E-state index in [1.165, 1.54) is 0 Å². The molecule has 1 saturated heterocycles. The highest BCUT2D eigenvalue weighted by Crippen LogP contribution is 2.12. The molecule has 4 nitrogen and oxygen atoms in total. The van der Waals surface area contributed by atoms with Gasteiger partial charge in [0.05, 0.1) is 0 Å². The first kappa shape index (κ1) is 12.7. The molecule has 1 aromatic carbocycles. The molecular weight excluding hydrogens is 228 g/mol. The summed E-state index contributed by atoms with van der Waals surface area (Å²) in [6.45, 7) is 3.75. The number of hydrogen-bond acceptors (Lipinski definition) is 2. The molecule has 0 unspecified atom stereocenters. The highest BCUT2D eigenvalue weighted by Gasteiger charge is 2.19. The van der Waals surface area contributed by atoms with Crippen LogP contribution in [0.25, 0.3) is 0 Å². The molecule has 0 saturated carbocycles. The molecule has 2 rings (SSSR count). The predicted octanol–water partition coefficient (Wildman–Crippen LogP) is 2.13. The van der Waals surface area contributed by atoms with Crippen molar-refractivity contribution in [1.29, 1.82) is 0 Å². The Kier molecular flexibility index (Phi) is 4.07. The van der Waals surface area contributed by atoms with Crippen LogP contribution in [0.5, 0.6) is 5.75 Å². The van der Waals surface area contributed by atoms with Crippen molar-refractivity contribution in [2.45, 2.75) is 32.2 Å². The summed E-state index contributed by atoms with van der Waals surface area (Å²) >= 11 is 0. The zero-order valence-corrected chi connectivity index (χ0v) is 10.7. The summed E-state index contributed by atoms with van der Waals surface area (Å²) in [5, 5.41) is 12.2. The molecule has 2 N–H and O–H groups in total. The Morgan fingerprint density at radius 1 is 1.33 bits per heavy atom. The number of nitrogens with one attached hydrogen (secondary N) is 1. The van der Waals surface area contributed by atoms with Crippen molar-refractivity contribution in [1.82, 2.24) is 10.2 Å². The number of rotatable bonds is 3. The first-order valence-electron chi connectivity index (χ1n) is 6.48. The number of amides is 2. The van der Waals surface area contributed by atoms with E-state index in [1.54, 1.807) is 12.1 Å². The van der Waals surface area contributed by atoms with Gasteiger partial charge in [0, 0.05) is 19.1 Å². The lowest BCUT2D eigenvalue weighted by molar-refractivity contribution is 0.205. The van der Waals surface area contributed by atoms with Gasteiger partial charge >= 0.3 is 6.03 Å². The molecule has 4 heteroatoms. The molecule has 98 valence electrons. The number of carbonyl (C=O) groups is 1. The number of likely N-dealkylation sites (tertiary alicyclic amines) is 1. The van der Waals surface area contributed by atoms with E-state index in [0.29, 0.717) is 0 Å². The Balaban J connectivity index is 1.82. The summed E-state index contributed by atoms with van der Waals surface area (Å²) in [5.41, 5.74) is 1.11. The van der Waals surface area contributed by atoms with Gasteiger partial charge in [-0.1, -0.05) is 12.1 Å². The smallest absolute Gasteiger partial charge is 0.317 e. The maximum Gasteiger partial charge on any atom is 0.317 e. The first-order chi connectivity index (χ1) is 8.65. The van der Waals surface area contributed by atoms with Gasteiger partial charge in [-0.25, -0.2) is 4.79 Å². The number of phenols is 1. The van der Waals surface area contributed by atoms with Crippen LogP contribution in [-0.4, -0.2) is 35.2 Å². The van der Waals surface area contributed by atoms with Gasteiger partial charge in [0.1, 0.15) is 5.75 Å². The van der Waals surface area contributed by atoms with Crippen molar-refractivity contribution >= 4 is 6.03 Å². The molecule has 1 heterocycles. The number of carbonyl (C=O) groups excluding carboxylic acids is 1. The molecule has 1 aliphatic rings. The van der Waals surface area contributed by atoms with Gasteiger partial charge in [-0.15, -0.1) is 0 Å². The molecule has 2 amide bonds. The summed E-state index contributed by atoms with van der Waals surface area (Å²) < 4.78 is 0. The quantitative estimate of drug-likeness (QED) is 0.861. The molecule has 1 aromatic rings. The first-order valence-corrected chi connectivity index (χ1v) is 6.48. The van der Waals surface area contributed by atoms with Gasteiger partial charge < -0.3 is 15.3 Å². The van der Waals surface area contributed by atoms with Crippen LogP contribution < -0.4 is 5.32 Å². The Bertz CT molecular complexity index is 397. The molecule has 0 aliphatic carbocycles. The number of phenolic OH excluding ortho intramolecular Hbond substituents is 1. The fourth-order valence-electron chi connectivity index (χ4n) is 2.26. The van der Waals surface area contributed by atoms with Gasteiger partial charge in [-0.2, -0.15) is 0 Å². The second-order valence-corrected chi connectivity index (χ2v) is 4.92. The van der Waals surface area contributed by atoms with Gasteiger partial charge in [0.2, 0.25) is 0 Å². The van der Waals surface area contributed by atoms with Crippen molar-refractivity contribution in [3.05, 3.63) is 29.8 Å². The average Bonchev–Trinajstić information content (AvgIpc) is 2.85. The monoisotopic (exact) mass is 248 g/mol. The molecule has 0 aromatic heterocycles. The minimum atomic E-state index is 0.0405. The summed E-state index contributed by atoms with van der Waals surface area (Å²) in [5.74, 6) is 0.271. The lowest BCUT2D eigenvalue weighted by Crippen LogP contribution is -2.43. The third kappa shape index (κ3) is 3.39. The van der Waals surface area contributed by atoms with Crippen LogP contribution in [-0.2, 0) is 6.42 Å². The van der Waals surface area contributed by atoms with Gasteiger partial charge in [0.25, 0.3) is 0 Å². The number of aromatic hydroxyl groups is 1. The van der Waals surface area contributed by atoms with Crippen LogP contribution in [0, 0.1) is 0 Å². The molecule has 1 aliphatic heterocycles. The molecule has 1 fully saturated rings. The highest BCUT2D eigenvalue weighted by atomic mass is 16.3. The van der Waals surface area contributed by atoms with E-state index in [0.717, 1.165) is 37.9 Å². The van der Waals surface area contributed by atoms with Crippen LogP contribution in [0.2, 0.25) is 0 Å². The standard InChI is InChI=1S/C14H20N2O2/c1-11(10-12-4-6-13(17)7-5-12)15-14(18)16-8-2-3-9-16/h4-7,11,17H,2-3,8-10H2,1H3,(H,15,18)/t11-/m0/s1. The number of nitrogens with zero attached hydrogens (tertiary/aromatic N) is 1. The minimum absolute atomic E-state index is 0.0405. The SMILES string of the molecule is C[C@@H](Cc1ccc(O)cc1)NC(=O)N1CCCC1. The lowest BCUT2D eigenvalue weighted by atomic mass is 10.1. The van der Waals surface area contributed by atoms with Crippen LogP contribution in [0.1, 0.15) is 25.3 Å². The van der Waals surface area contributed by atoms with E-state index in [9.17, 15) is 9.90 Å². The molecule has 0 bridgehead atoms. The molecule has 0 spiro atoms. The fourth-order valence-corrected chi connectivity index (χ4v) is 2.26. The third-order valence-electron chi connectivity index (χ3n) is 3.24. The normalized spacial score (nSPS) is 16.6. The maximum atomic E-state index is 11.9. The zero-order valence-electron chi connectivity index (χ0n) is 10.7. The maximum absolute atomic E-state index is 11.9. The van der Waals surface area contributed by atoms with Crippen molar-refractivity contribution in [2.75, 3.05) is 13.1 Å². The van der Waals surface area contributed by atoms with Crippen LogP contribution in [0.3, 0.4) is 0 Å². The summed E-state index contributed by atoms with van der Waals surface area (Å²) in [6.07, 6.45) is 3.00. The number of urea groups is 1. The molecule has 18 heavy (non-hydrogen) atoms. The third-order valence-corrected chi connectivity index (χ3v) is 3.24. The van der Waals surface area contributed by atoms with Crippen LogP contribution >= 0.6 is 0 Å². The number of benzene rings is 1. The van der Waals surface area contributed by atoms with Crippen molar-refractivity contribution in [2.24, 2.45) is 0 Å². The van der Waals surface area contributed by atoms with Gasteiger partial charge in [-0.3, -0.25) is 0 Å². The van der Waals surface area contributed by atoms with Crippen LogP contribution in [0.15, 0.2) is 24.3 Å². The van der Waals surface area contributed by atoms with E-state index in [2.05, 4.69) is 5.32 Å². The van der Waals surface area contributed by atoms with Crippen molar-refractivity contribution < 1.29 is 9.90 Å². The molecular formula is C14H20N2O2. The fraction of sp³-hybridized carbons (Fsp3) is 0.500. The highest BCUT2D eigenvalue weighted by molar-refractivity contribution is 5.74. The largest absolute Gasteiger partial charge is 0.508 e. The topological polar surface area (TPSA) is 52.6 Å². The summed E-state index contributed by atoms with van der Waals surface area (Å²) in [4.78, 5) is 13.7. The van der Waals surface area contributed by atoms with E-state index in [-0.39, 0.29) is 17.8 Å². The van der Waals surface area contributed by atoms with E-state index in [1.807, 2.05) is 24.0 Å². The summed E-state index contributed by atoms with van der Waals surface area (Å²) in [7, 11) is 0.